The predicted octanol–water partition coefficient (Wildman–Crippen LogP) is 2.55. The highest BCUT2D eigenvalue weighted by atomic mass is 16.2. The maximum Gasteiger partial charge on any atom is 0.226 e. The lowest BCUT2D eigenvalue weighted by molar-refractivity contribution is -0.118. The van der Waals surface area contributed by atoms with E-state index in [4.69, 9.17) is 0 Å². The van der Waals surface area contributed by atoms with E-state index in [1.54, 1.807) is 6.07 Å². The average molecular weight is 248 g/mol. The van der Waals surface area contributed by atoms with Gasteiger partial charge in [0.05, 0.1) is 5.69 Å². The summed E-state index contributed by atoms with van der Waals surface area (Å²) in [7, 11) is 3.83. The van der Waals surface area contributed by atoms with E-state index in [0.29, 0.717) is 11.3 Å². The third-order valence-corrected chi connectivity index (χ3v) is 2.68. The Morgan fingerprint density at radius 3 is 2.28 bits per heavy atom. The maximum atomic E-state index is 11.7. The minimum absolute atomic E-state index is 0.0561. The first-order chi connectivity index (χ1) is 8.32. The van der Waals surface area contributed by atoms with Crippen LogP contribution in [-0.2, 0) is 4.79 Å². The lowest BCUT2D eigenvalue weighted by Crippen LogP contribution is -2.20. The molecule has 1 N–H and O–H groups in total. The highest BCUT2D eigenvalue weighted by molar-refractivity contribution is 6.04. The molecule has 1 amide bonds. The van der Waals surface area contributed by atoms with Crippen LogP contribution in [-0.4, -0.2) is 25.8 Å². The molecule has 0 aromatic heterocycles. The summed E-state index contributed by atoms with van der Waals surface area (Å²) in [5.74, 6) is -0.263. The number of Topliss-reactive ketones (excluding diaryl/α,β-unsaturated/α-hetero) is 1. The Bertz CT molecular complexity index is 465. The van der Waals surface area contributed by atoms with Gasteiger partial charge in [-0.1, -0.05) is 13.8 Å². The maximum absolute atomic E-state index is 11.7. The number of hydrogen-bond acceptors (Lipinski definition) is 3. The zero-order valence-electron chi connectivity index (χ0n) is 11.6. The van der Waals surface area contributed by atoms with Crippen molar-refractivity contribution < 1.29 is 9.59 Å². The lowest BCUT2D eigenvalue weighted by Gasteiger charge is -2.17. The summed E-state index contributed by atoms with van der Waals surface area (Å²) >= 11 is 0. The summed E-state index contributed by atoms with van der Waals surface area (Å²) in [6.07, 6.45) is 0. The van der Waals surface area contributed by atoms with Gasteiger partial charge in [0, 0.05) is 31.3 Å². The number of carbonyl (C=O) groups excluding carboxylic acids is 2. The van der Waals surface area contributed by atoms with Crippen LogP contribution < -0.4 is 10.2 Å². The zero-order chi connectivity index (χ0) is 13.9. The van der Waals surface area contributed by atoms with Crippen LogP contribution in [0.25, 0.3) is 0 Å². The molecule has 0 aliphatic rings. The molecule has 0 saturated carbocycles. The largest absolute Gasteiger partial charge is 0.378 e. The van der Waals surface area contributed by atoms with Gasteiger partial charge in [0.2, 0.25) is 5.91 Å². The smallest absolute Gasteiger partial charge is 0.226 e. The molecule has 1 aromatic rings. The van der Waals surface area contributed by atoms with Crippen LogP contribution in [0.2, 0.25) is 0 Å². The van der Waals surface area contributed by atoms with Crippen molar-refractivity contribution in [3.8, 4) is 0 Å². The second-order valence-electron chi connectivity index (χ2n) is 4.82. The van der Waals surface area contributed by atoms with Gasteiger partial charge in [-0.2, -0.15) is 0 Å². The molecule has 18 heavy (non-hydrogen) atoms. The molecular weight excluding hydrogens is 228 g/mol. The van der Waals surface area contributed by atoms with Crippen LogP contribution in [0.1, 0.15) is 31.1 Å². The van der Waals surface area contributed by atoms with E-state index in [9.17, 15) is 9.59 Å². The Morgan fingerprint density at radius 2 is 1.83 bits per heavy atom. The number of rotatable bonds is 4. The first-order valence-corrected chi connectivity index (χ1v) is 5.96. The number of amides is 1. The third-order valence-electron chi connectivity index (χ3n) is 2.68. The number of hydrogen-bond donors (Lipinski definition) is 1. The molecule has 0 bridgehead atoms. The van der Waals surface area contributed by atoms with Crippen molar-refractivity contribution in [2.45, 2.75) is 20.8 Å². The van der Waals surface area contributed by atoms with E-state index in [1.165, 1.54) is 6.92 Å². The summed E-state index contributed by atoms with van der Waals surface area (Å²) in [6.45, 7) is 5.13. The van der Waals surface area contributed by atoms with Crippen molar-refractivity contribution in [3.63, 3.8) is 0 Å². The van der Waals surface area contributed by atoms with Gasteiger partial charge in [0.15, 0.2) is 5.78 Å². The van der Waals surface area contributed by atoms with Gasteiger partial charge < -0.3 is 10.2 Å². The molecule has 0 aliphatic heterocycles. The molecule has 0 fully saturated rings. The van der Waals surface area contributed by atoms with E-state index >= 15 is 0 Å². The Morgan fingerprint density at radius 1 is 1.22 bits per heavy atom. The van der Waals surface area contributed by atoms with Crippen LogP contribution in [0.15, 0.2) is 18.2 Å². The fourth-order valence-corrected chi connectivity index (χ4v) is 1.50. The summed E-state index contributed by atoms with van der Waals surface area (Å²) in [6, 6.07) is 5.42. The number of anilines is 2. The monoisotopic (exact) mass is 248 g/mol. The molecule has 0 unspecified atom stereocenters. The summed E-state index contributed by atoms with van der Waals surface area (Å²) in [4.78, 5) is 25.2. The van der Waals surface area contributed by atoms with Crippen LogP contribution in [0, 0.1) is 5.92 Å². The molecule has 1 rings (SSSR count). The molecule has 1 aromatic carbocycles. The molecule has 0 spiro atoms. The van der Waals surface area contributed by atoms with E-state index < -0.39 is 0 Å². The number of nitrogens with zero attached hydrogens (tertiary/aromatic N) is 1. The fourth-order valence-electron chi connectivity index (χ4n) is 1.50. The van der Waals surface area contributed by atoms with Crippen molar-refractivity contribution >= 4 is 23.1 Å². The minimum Gasteiger partial charge on any atom is -0.378 e. The summed E-state index contributed by atoms with van der Waals surface area (Å²) < 4.78 is 0. The van der Waals surface area contributed by atoms with Crippen molar-refractivity contribution in [1.82, 2.24) is 0 Å². The van der Waals surface area contributed by atoms with Gasteiger partial charge in [-0.15, -0.1) is 0 Å². The standard InChI is InChI=1S/C14H20N2O2/c1-9(2)14(18)15-13-8-11(16(4)5)6-7-12(13)10(3)17/h6-9H,1-5H3,(H,15,18). The highest BCUT2D eigenvalue weighted by Gasteiger charge is 2.13. The van der Waals surface area contributed by atoms with Gasteiger partial charge in [-0.3, -0.25) is 9.59 Å². The normalized spacial score (nSPS) is 10.3. The summed E-state index contributed by atoms with van der Waals surface area (Å²) in [5, 5.41) is 2.80. The fraction of sp³-hybridized carbons (Fsp3) is 0.429. The lowest BCUT2D eigenvalue weighted by atomic mass is 10.1. The van der Waals surface area contributed by atoms with Gasteiger partial charge in [-0.05, 0) is 25.1 Å². The molecule has 4 nitrogen and oxygen atoms in total. The third kappa shape index (κ3) is 3.32. The van der Waals surface area contributed by atoms with E-state index in [0.717, 1.165) is 5.69 Å². The molecule has 0 radical (unpaired) electrons. The van der Waals surface area contributed by atoms with Crippen LogP contribution >= 0.6 is 0 Å². The Hall–Kier alpha value is -1.84. The highest BCUT2D eigenvalue weighted by Crippen LogP contribution is 2.23. The second-order valence-corrected chi connectivity index (χ2v) is 4.82. The van der Waals surface area contributed by atoms with Gasteiger partial charge in [0.1, 0.15) is 0 Å². The molecule has 98 valence electrons. The zero-order valence-corrected chi connectivity index (χ0v) is 11.6. The number of benzene rings is 1. The van der Waals surface area contributed by atoms with Gasteiger partial charge in [-0.25, -0.2) is 0 Å². The Balaban J connectivity index is 3.15. The number of carbonyl (C=O) groups is 2. The average Bonchev–Trinajstić information content (AvgIpc) is 2.28. The summed E-state index contributed by atoms with van der Waals surface area (Å²) in [5.41, 5.74) is 2.06. The van der Waals surface area contributed by atoms with Gasteiger partial charge in [0.25, 0.3) is 0 Å². The first kappa shape index (κ1) is 14.2. The molecule has 4 heteroatoms. The van der Waals surface area contributed by atoms with Crippen LogP contribution in [0.5, 0.6) is 0 Å². The predicted molar refractivity (Wildman–Crippen MR) is 74.2 cm³/mol. The molecular formula is C14H20N2O2. The van der Waals surface area contributed by atoms with Crippen LogP contribution in [0.3, 0.4) is 0 Å². The number of nitrogens with one attached hydrogen (secondary N) is 1. The number of ketones is 1. The topological polar surface area (TPSA) is 49.4 Å². The van der Waals surface area contributed by atoms with E-state index in [-0.39, 0.29) is 17.6 Å². The van der Waals surface area contributed by atoms with Gasteiger partial charge >= 0.3 is 0 Å². The first-order valence-electron chi connectivity index (χ1n) is 5.96. The molecule has 0 atom stereocenters. The van der Waals surface area contributed by atoms with Crippen molar-refractivity contribution in [2.24, 2.45) is 5.92 Å². The van der Waals surface area contributed by atoms with Crippen molar-refractivity contribution in [2.75, 3.05) is 24.3 Å². The Kier molecular flexibility index (Phi) is 4.48. The van der Waals surface area contributed by atoms with E-state index in [1.807, 2.05) is 45.0 Å². The van der Waals surface area contributed by atoms with Crippen molar-refractivity contribution in [1.29, 1.82) is 0 Å². The quantitative estimate of drug-likeness (QED) is 0.833. The molecule has 0 saturated heterocycles. The SMILES string of the molecule is CC(=O)c1ccc(N(C)C)cc1NC(=O)C(C)C. The van der Waals surface area contributed by atoms with Crippen LogP contribution in [0.4, 0.5) is 11.4 Å². The molecule has 0 heterocycles. The minimum atomic E-state index is -0.118. The van der Waals surface area contributed by atoms with E-state index in [2.05, 4.69) is 5.32 Å². The van der Waals surface area contributed by atoms with Crippen molar-refractivity contribution in [3.05, 3.63) is 23.8 Å². The second kappa shape index (κ2) is 5.67. The molecule has 0 aliphatic carbocycles. The Labute approximate surface area is 108 Å².